The molecule has 1 amide bonds. The first kappa shape index (κ1) is 15.5. The lowest BCUT2D eigenvalue weighted by Crippen LogP contribution is -2.40. The summed E-state index contributed by atoms with van der Waals surface area (Å²) in [6.07, 6.45) is 3.89. The predicted octanol–water partition coefficient (Wildman–Crippen LogP) is 0.592. The third kappa shape index (κ3) is 3.81. The first-order valence-electron chi connectivity index (χ1n) is 7.14. The fourth-order valence-electron chi connectivity index (χ4n) is 2.60. The minimum atomic E-state index is -0.231. The van der Waals surface area contributed by atoms with Gasteiger partial charge in [0.1, 0.15) is 12.3 Å². The summed E-state index contributed by atoms with van der Waals surface area (Å²) < 4.78 is 0. The smallest absolute Gasteiger partial charge is 0.273 e. The lowest BCUT2D eigenvalue weighted by molar-refractivity contribution is 0.0755. The predicted molar refractivity (Wildman–Crippen MR) is 80.8 cm³/mol. The summed E-state index contributed by atoms with van der Waals surface area (Å²) in [5, 5.41) is 8.79. The molecule has 1 fully saturated rings. The SMILES string of the molecule is CN(CC1CCCN1C)C(=O)c1ncccc1C#CCO. The molecule has 0 radical (unpaired) electrons. The Balaban J connectivity index is 2.12. The average Bonchev–Trinajstić information content (AvgIpc) is 2.90. The number of amides is 1. The van der Waals surface area contributed by atoms with Gasteiger partial charge >= 0.3 is 0 Å². The molecule has 21 heavy (non-hydrogen) atoms. The van der Waals surface area contributed by atoms with Gasteiger partial charge in [-0.2, -0.15) is 0 Å². The summed E-state index contributed by atoms with van der Waals surface area (Å²) in [6.45, 7) is 1.55. The first-order valence-corrected chi connectivity index (χ1v) is 7.14. The van der Waals surface area contributed by atoms with Crippen LogP contribution in [-0.2, 0) is 0 Å². The van der Waals surface area contributed by atoms with Crippen LogP contribution in [0.5, 0.6) is 0 Å². The zero-order valence-corrected chi connectivity index (χ0v) is 12.5. The van der Waals surface area contributed by atoms with Crippen LogP contribution in [0.1, 0.15) is 28.9 Å². The molecule has 5 heteroatoms. The van der Waals surface area contributed by atoms with E-state index in [9.17, 15) is 4.79 Å². The van der Waals surface area contributed by atoms with Gasteiger partial charge in [0.2, 0.25) is 0 Å². The number of aromatic nitrogens is 1. The Morgan fingerprint density at radius 2 is 2.43 bits per heavy atom. The quantitative estimate of drug-likeness (QED) is 0.827. The number of carbonyl (C=O) groups is 1. The van der Waals surface area contributed by atoms with Gasteiger partial charge in [0.15, 0.2) is 0 Å². The van der Waals surface area contributed by atoms with Crippen molar-refractivity contribution in [3.05, 3.63) is 29.6 Å². The highest BCUT2D eigenvalue weighted by atomic mass is 16.2. The van der Waals surface area contributed by atoms with Gasteiger partial charge in [-0.3, -0.25) is 4.79 Å². The van der Waals surface area contributed by atoms with Crippen molar-refractivity contribution in [3.8, 4) is 11.8 Å². The molecule has 2 heterocycles. The van der Waals surface area contributed by atoms with E-state index < -0.39 is 0 Å². The molecule has 5 nitrogen and oxygen atoms in total. The van der Waals surface area contributed by atoms with Crippen molar-refractivity contribution < 1.29 is 9.90 Å². The number of hydrogen-bond acceptors (Lipinski definition) is 4. The maximum atomic E-state index is 12.5. The lowest BCUT2D eigenvalue weighted by Gasteiger charge is -2.25. The standard InChI is InChI=1S/C16H21N3O2/c1-18-10-4-8-14(18)12-19(2)16(21)15-13(7-5-11-20)6-3-9-17-15/h3,6,9,14,20H,4,8,10-12H2,1-2H3. The molecule has 1 aliphatic rings. The summed E-state index contributed by atoms with van der Waals surface area (Å²) >= 11 is 0. The third-order valence-corrected chi connectivity index (χ3v) is 3.82. The molecule has 1 saturated heterocycles. The van der Waals surface area contributed by atoms with E-state index in [0.29, 0.717) is 23.8 Å². The highest BCUT2D eigenvalue weighted by Gasteiger charge is 2.25. The van der Waals surface area contributed by atoms with Gasteiger partial charge in [-0.15, -0.1) is 0 Å². The molecular weight excluding hydrogens is 266 g/mol. The molecule has 0 saturated carbocycles. The molecule has 2 rings (SSSR count). The Morgan fingerprint density at radius 3 is 3.10 bits per heavy atom. The fourth-order valence-corrected chi connectivity index (χ4v) is 2.60. The van der Waals surface area contributed by atoms with Crippen molar-refractivity contribution in [2.24, 2.45) is 0 Å². The molecule has 1 aromatic rings. The Labute approximate surface area is 125 Å². The second-order valence-corrected chi connectivity index (χ2v) is 5.32. The van der Waals surface area contributed by atoms with Crippen molar-refractivity contribution in [2.75, 3.05) is 33.8 Å². The summed E-state index contributed by atoms with van der Waals surface area (Å²) in [7, 11) is 3.89. The van der Waals surface area contributed by atoms with E-state index in [1.54, 1.807) is 30.3 Å². The molecule has 0 spiro atoms. The van der Waals surface area contributed by atoms with Crippen LogP contribution in [0.2, 0.25) is 0 Å². The minimum Gasteiger partial charge on any atom is -0.384 e. The van der Waals surface area contributed by atoms with Gasteiger partial charge in [0.05, 0.1) is 5.56 Å². The fraction of sp³-hybridized carbons (Fsp3) is 0.500. The van der Waals surface area contributed by atoms with Gasteiger partial charge in [-0.25, -0.2) is 4.98 Å². The highest BCUT2D eigenvalue weighted by molar-refractivity contribution is 5.94. The number of pyridine rings is 1. The van der Waals surface area contributed by atoms with Crippen molar-refractivity contribution in [1.29, 1.82) is 0 Å². The van der Waals surface area contributed by atoms with E-state index in [4.69, 9.17) is 5.11 Å². The van der Waals surface area contributed by atoms with Gasteiger partial charge in [-0.1, -0.05) is 11.8 Å². The molecule has 0 aliphatic carbocycles. The number of carbonyl (C=O) groups excluding carboxylic acids is 1. The van der Waals surface area contributed by atoms with E-state index in [1.807, 2.05) is 0 Å². The summed E-state index contributed by atoms with van der Waals surface area (Å²) in [6, 6.07) is 3.90. The lowest BCUT2D eigenvalue weighted by atomic mass is 10.1. The van der Waals surface area contributed by atoms with E-state index >= 15 is 0 Å². The summed E-state index contributed by atoms with van der Waals surface area (Å²) in [4.78, 5) is 20.7. The topological polar surface area (TPSA) is 56.7 Å². The zero-order chi connectivity index (χ0) is 15.2. The number of hydrogen-bond donors (Lipinski definition) is 1. The van der Waals surface area contributed by atoms with E-state index in [0.717, 1.165) is 13.0 Å². The van der Waals surface area contributed by atoms with Crippen LogP contribution >= 0.6 is 0 Å². The van der Waals surface area contributed by atoms with Gasteiger partial charge in [0.25, 0.3) is 5.91 Å². The number of rotatable bonds is 3. The first-order chi connectivity index (χ1) is 10.1. The molecule has 1 N–H and O–H groups in total. The van der Waals surface area contributed by atoms with Crippen molar-refractivity contribution in [1.82, 2.24) is 14.8 Å². The van der Waals surface area contributed by atoms with Crippen LogP contribution in [0.3, 0.4) is 0 Å². The Bertz CT molecular complexity index is 562. The van der Waals surface area contributed by atoms with Crippen LogP contribution in [-0.4, -0.2) is 65.6 Å². The van der Waals surface area contributed by atoms with Crippen molar-refractivity contribution >= 4 is 5.91 Å². The highest BCUT2D eigenvalue weighted by Crippen LogP contribution is 2.16. The minimum absolute atomic E-state index is 0.127. The van der Waals surface area contributed by atoms with Crippen LogP contribution in [0, 0.1) is 11.8 Å². The number of likely N-dealkylation sites (tertiary alicyclic amines) is 1. The zero-order valence-electron chi connectivity index (χ0n) is 12.5. The molecule has 1 aromatic heterocycles. The van der Waals surface area contributed by atoms with E-state index in [2.05, 4.69) is 28.8 Å². The van der Waals surface area contributed by atoms with E-state index in [-0.39, 0.29) is 12.5 Å². The van der Waals surface area contributed by atoms with Gasteiger partial charge in [-0.05, 0) is 38.6 Å². The maximum absolute atomic E-state index is 12.5. The molecular formula is C16H21N3O2. The van der Waals surface area contributed by atoms with Crippen molar-refractivity contribution in [2.45, 2.75) is 18.9 Å². The van der Waals surface area contributed by atoms with Gasteiger partial charge in [0, 0.05) is 25.8 Å². The van der Waals surface area contributed by atoms with Crippen LogP contribution in [0.4, 0.5) is 0 Å². The average molecular weight is 287 g/mol. The van der Waals surface area contributed by atoms with Gasteiger partial charge < -0.3 is 14.9 Å². The van der Waals surface area contributed by atoms with Crippen LogP contribution in [0.15, 0.2) is 18.3 Å². The number of aliphatic hydroxyl groups excluding tert-OH is 1. The third-order valence-electron chi connectivity index (χ3n) is 3.82. The number of nitrogens with zero attached hydrogens (tertiary/aromatic N) is 3. The molecule has 1 unspecified atom stereocenters. The van der Waals surface area contributed by atoms with E-state index in [1.165, 1.54) is 6.42 Å². The maximum Gasteiger partial charge on any atom is 0.273 e. The molecule has 1 atom stereocenters. The Hall–Kier alpha value is -1.90. The second-order valence-electron chi connectivity index (χ2n) is 5.32. The summed E-state index contributed by atoms with van der Waals surface area (Å²) in [5.74, 6) is 5.22. The molecule has 0 bridgehead atoms. The molecule has 112 valence electrons. The molecule has 1 aliphatic heterocycles. The number of aliphatic hydroxyl groups is 1. The monoisotopic (exact) mass is 287 g/mol. The van der Waals surface area contributed by atoms with Crippen molar-refractivity contribution in [3.63, 3.8) is 0 Å². The number of likely N-dealkylation sites (N-methyl/N-ethyl adjacent to an activating group) is 2. The molecule has 0 aromatic carbocycles. The summed E-state index contributed by atoms with van der Waals surface area (Å²) in [5.41, 5.74) is 0.907. The largest absolute Gasteiger partial charge is 0.384 e. The van der Waals surface area contributed by atoms with Crippen LogP contribution < -0.4 is 0 Å². The van der Waals surface area contributed by atoms with Crippen LogP contribution in [0.25, 0.3) is 0 Å². The Kier molecular flexibility index (Phi) is 5.32. The normalized spacial score (nSPS) is 18.1. The second kappa shape index (κ2) is 7.21. The Morgan fingerprint density at radius 1 is 1.62 bits per heavy atom.